The van der Waals surface area contributed by atoms with Gasteiger partial charge in [-0.05, 0) is 56.1 Å². The Morgan fingerprint density at radius 1 is 1.00 bits per heavy atom. The topological polar surface area (TPSA) is 115 Å². The molecule has 0 aromatic heterocycles. The van der Waals surface area contributed by atoms with E-state index >= 15 is 0 Å². The fraction of sp³-hybridized carbons (Fsp3) is 0.345. The van der Waals surface area contributed by atoms with Crippen molar-refractivity contribution in [2.75, 3.05) is 44.2 Å². The highest BCUT2D eigenvalue weighted by molar-refractivity contribution is 5.89. The van der Waals surface area contributed by atoms with Crippen LogP contribution in [0.25, 0.3) is 0 Å². The normalized spacial score (nSPS) is 19.0. The lowest BCUT2D eigenvalue weighted by Crippen LogP contribution is -2.46. The number of unbranched alkanes of at least 4 members (excludes halogenated alkanes) is 1. The van der Waals surface area contributed by atoms with E-state index in [9.17, 15) is 14.0 Å². The molecule has 3 N–H and O–H groups in total. The maximum Gasteiger partial charge on any atom is 0.328 e. The maximum absolute atomic E-state index is 13.2. The number of carbonyl (C=O) groups is 2. The molecule has 2 aromatic carbocycles. The molecule has 1 saturated heterocycles. The van der Waals surface area contributed by atoms with Crippen molar-refractivity contribution in [3.63, 3.8) is 0 Å². The average molecular weight is 539 g/mol. The summed E-state index contributed by atoms with van der Waals surface area (Å²) in [5.41, 5.74) is 1.57. The second-order valence-electron chi connectivity index (χ2n) is 9.24. The van der Waals surface area contributed by atoms with Gasteiger partial charge in [-0.15, -0.1) is 0 Å². The van der Waals surface area contributed by atoms with Crippen LogP contribution in [0.2, 0.25) is 0 Å². The Hall–Kier alpha value is -4.18. The molecule has 1 atom stereocenters. The number of nitrogens with zero attached hydrogens (tertiary/aromatic N) is 3. The van der Waals surface area contributed by atoms with Gasteiger partial charge in [0.1, 0.15) is 5.82 Å². The lowest BCUT2D eigenvalue weighted by Gasteiger charge is -2.36. The smallest absolute Gasteiger partial charge is 0.328 e. The molecule has 1 unspecified atom stereocenters. The third-order valence-electron chi connectivity index (χ3n) is 6.32. The zero-order valence-electron chi connectivity index (χ0n) is 22.0. The number of allylic oxidation sites excluding steroid dienone is 1. The minimum Gasteiger partial charge on any atom is -0.479 e. The highest BCUT2D eigenvalue weighted by atomic mass is 19.1. The molecule has 10 heteroatoms. The van der Waals surface area contributed by atoms with Gasteiger partial charge in [-0.2, -0.15) is 0 Å². The number of aliphatic carboxylic acids is 2. The molecule has 2 aliphatic heterocycles. The fourth-order valence-electron chi connectivity index (χ4n) is 4.20. The number of anilines is 1. The zero-order chi connectivity index (χ0) is 28.1. The summed E-state index contributed by atoms with van der Waals surface area (Å²) in [6, 6.07) is 17.1. The van der Waals surface area contributed by atoms with Gasteiger partial charge in [-0.1, -0.05) is 30.3 Å². The highest BCUT2D eigenvalue weighted by Gasteiger charge is 2.28. The van der Waals surface area contributed by atoms with Gasteiger partial charge in [0, 0.05) is 56.3 Å². The lowest BCUT2D eigenvalue weighted by molar-refractivity contribution is -0.134. The second-order valence-corrected chi connectivity index (χ2v) is 9.24. The number of halogens is 1. The number of hydrogen-bond acceptors (Lipinski definition) is 7. The van der Waals surface area contributed by atoms with E-state index in [1.54, 1.807) is 18.3 Å². The van der Waals surface area contributed by atoms with Gasteiger partial charge in [-0.25, -0.2) is 14.0 Å². The number of ether oxygens (including phenoxy) is 1. The molecule has 2 aliphatic rings. The molecular formula is C29H35FN4O5. The number of para-hydroxylation sites is 1. The van der Waals surface area contributed by atoms with Crippen molar-refractivity contribution >= 4 is 23.8 Å². The van der Waals surface area contributed by atoms with Gasteiger partial charge in [0.05, 0.1) is 6.61 Å². The van der Waals surface area contributed by atoms with Gasteiger partial charge < -0.3 is 25.2 Å². The minimum absolute atomic E-state index is 0.249. The quantitative estimate of drug-likeness (QED) is 0.309. The number of hydrogen-bond donors (Lipinski definition) is 3. The predicted octanol–water partition coefficient (Wildman–Crippen LogP) is 3.84. The first kappa shape index (κ1) is 29.4. The number of rotatable bonds is 10. The first-order valence-electron chi connectivity index (χ1n) is 12.8. The van der Waals surface area contributed by atoms with E-state index in [-0.39, 0.29) is 5.82 Å². The van der Waals surface area contributed by atoms with Crippen LogP contribution in [0.3, 0.4) is 0 Å². The van der Waals surface area contributed by atoms with Crippen LogP contribution in [0.4, 0.5) is 10.1 Å². The van der Waals surface area contributed by atoms with Crippen LogP contribution in [0.1, 0.15) is 25.3 Å². The van der Waals surface area contributed by atoms with E-state index in [0.717, 1.165) is 51.1 Å². The molecule has 0 radical (unpaired) electrons. The molecule has 2 heterocycles. The summed E-state index contributed by atoms with van der Waals surface area (Å²) in [5.74, 6) is -2.06. The number of nitrogens with one attached hydrogen (secondary N) is 1. The van der Waals surface area contributed by atoms with E-state index in [1.807, 2.05) is 13.0 Å². The Kier molecular flexibility index (Phi) is 11.1. The Bertz CT molecular complexity index is 1150. The summed E-state index contributed by atoms with van der Waals surface area (Å²) >= 11 is 0. The summed E-state index contributed by atoms with van der Waals surface area (Å²) in [6.07, 6.45) is 6.82. The van der Waals surface area contributed by atoms with E-state index in [2.05, 4.69) is 50.4 Å². The Balaban J connectivity index is 0.000000459. The summed E-state index contributed by atoms with van der Waals surface area (Å²) < 4.78 is 19.2. The van der Waals surface area contributed by atoms with Crippen LogP contribution in [0, 0.1) is 5.82 Å². The van der Waals surface area contributed by atoms with Crippen molar-refractivity contribution in [3.8, 4) is 0 Å². The van der Waals surface area contributed by atoms with Crippen molar-refractivity contribution < 1.29 is 28.9 Å². The summed E-state index contributed by atoms with van der Waals surface area (Å²) in [4.78, 5) is 28.6. The Labute approximate surface area is 227 Å². The number of carboxylic acid groups (broad SMARTS) is 2. The molecule has 0 saturated carbocycles. The average Bonchev–Trinajstić information content (AvgIpc) is 2.93. The van der Waals surface area contributed by atoms with Gasteiger partial charge >= 0.3 is 11.9 Å². The van der Waals surface area contributed by atoms with Crippen LogP contribution in [-0.4, -0.2) is 72.6 Å². The van der Waals surface area contributed by atoms with Crippen LogP contribution in [0.15, 0.2) is 83.7 Å². The van der Waals surface area contributed by atoms with Crippen LogP contribution in [0.5, 0.6) is 0 Å². The molecule has 2 aromatic rings. The van der Waals surface area contributed by atoms with Crippen LogP contribution >= 0.6 is 0 Å². The zero-order valence-corrected chi connectivity index (χ0v) is 22.0. The Morgan fingerprint density at radius 2 is 1.64 bits per heavy atom. The molecule has 0 aliphatic carbocycles. The van der Waals surface area contributed by atoms with E-state index in [4.69, 9.17) is 14.9 Å². The fourth-order valence-corrected chi connectivity index (χ4v) is 4.20. The van der Waals surface area contributed by atoms with Crippen molar-refractivity contribution in [1.82, 2.24) is 10.2 Å². The number of benzene rings is 2. The molecule has 1 fully saturated rings. The number of aliphatic imine (C=N–C) groups is 1. The van der Waals surface area contributed by atoms with Crippen LogP contribution < -0.4 is 10.2 Å². The van der Waals surface area contributed by atoms with E-state index in [0.29, 0.717) is 24.6 Å². The third kappa shape index (κ3) is 9.90. The summed E-state index contributed by atoms with van der Waals surface area (Å²) in [7, 11) is 0. The number of piperazine rings is 1. The molecule has 0 spiro atoms. The number of carboxylic acids is 2. The standard InChI is InChI=1S/C25H31FN4O.C4H4O4/c1-25(21-9-11-22(26)12-10-21)27-14-13-24(28-25)31-20-6-5-15-29-16-18-30(19-17-29)23-7-3-2-4-8-23;5-3(6)1-2-4(7)8/h2-4,7-14,28H,5-6,15-20H2,1H3;1-2H,(H,5,6)(H,7,8)/b;2-1-. The Morgan fingerprint density at radius 3 is 2.26 bits per heavy atom. The molecule has 4 rings (SSSR count). The van der Waals surface area contributed by atoms with Gasteiger partial charge in [0.25, 0.3) is 0 Å². The van der Waals surface area contributed by atoms with Gasteiger partial charge in [-0.3, -0.25) is 9.89 Å². The lowest BCUT2D eigenvalue weighted by atomic mass is 10.0. The molecule has 9 nitrogen and oxygen atoms in total. The van der Waals surface area contributed by atoms with E-state index < -0.39 is 17.6 Å². The van der Waals surface area contributed by atoms with Gasteiger partial charge in [0.15, 0.2) is 11.5 Å². The third-order valence-corrected chi connectivity index (χ3v) is 6.32. The maximum atomic E-state index is 13.2. The van der Waals surface area contributed by atoms with Gasteiger partial charge in [0.2, 0.25) is 0 Å². The first-order chi connectivity index (χ1) is 18.7. The first-order valence-corrected chi connectivity index (χ1v) is 12.8. The largest absolute Gasteiger partial charge is 0.479 e. The molecule has 39 heavy (non-hydrogen) atoms. The van der Waals surface area contributed by atoms with Crippen molar-refractivity contribution in [2.45, 2.75) is 25.4 Å². The van der Waals surface area contributed by atoms with Crippen molar-refractivity contribution in [1.29, 1.82) is 0 Å². The monoisotopic (exact) mass is 538 g/mol. The second kappa shape index (κ2) is 14.7. The highest BCUT2D eigenvalue weighted by Crippen LogP contribution is 2.26. The predicted molar refractivity (Wildman–Crippen MR) is 148 cm³/mol. The summed E-state index contributed by atoms with van der Waals surface area (Å²) in [6.45, 7) is 8.10. The van der Waals surface area contributed by atoms with Crippen molar-refractivity contribution in [3.05, 3.63) is 90.1 Å². The minimum atomic E-state index is -1.26. The van der Waals surface area contributed by atoms with Crippen LogP contribution in [-0.2, 0) is 20.0 Å². The summed E-state index contributed by atoms with van der Waals surface area (Å²) in [5, 5.41) is 19.0. The molecule has 208 valence electrons. The SMILES string of the molecule is CC1(c2ccc(F)cc2)N=CC=C(OCCCCN2CCN(c3ccccc3)CC2)N1.O=C(O)/C=C\C(=O)O. The molecule has 0 amide bonds. The van der Waals surface area contributed by atoms with Crippen molar-refractivity contribution in [2.24, 2.45) is 4.99 Å². The molecule has 0 bridgehead atoms. The van der Waals surface area contributed by atoms with E-state index in [1.165, 1.54) is 17.8 Å². The molecular weight excluding hydrogens is 503 g/mol.